The number of nitrogens with zero attached hydrogens (tertiary/aromatic N) is 1. The number of ether oxygens (including phenoxy) is 1. The molecule has 1 amide bonds. The molecule has 2 heterocycles. The Balaban J connectivity index is 1.80. The lowest BCUT2D eigenvalue weighted by Crippen LogP contribution is -3.03. The van der Waals surface area contributed by atoms with Crippen molar-refractivity contribution in [3.8, 4) is 11.8 Å². The zero-order valence-electron chi connectivity index (χ0n) is 15.9. The SMILES string of the molecule is CC1(C)Cc2c(sc(NC(=O)COc3ccccc3F)c2C#N)C(C)(C)[NH2+]1. The van der Waals surface area contributed by atoms with Crippen LogP contribution >= 0.6 is 11.3 Å². The van der Waals surface area contributed by atoms with Gasteiger partial charge in [0.25, 0.3) is 5.91 Å². The molecule has 0 radical (unpaired) electrons. The van der Waals surface area contributed by atoms with Gasteiger partial charge in [-0.3, -0.25) is 4.79 Å². The Morgan fingerprint density at radius 1 is 1.37 bits per heavy atom. The maximum Gasteiger partial charge on any atom is 0.262 e. The third-order valence-corrected chi connectivity index (χ3v) is 6.02. The lowest BCUT2D eigenvalue weighted by molar-refractivity contribution is -0.789. The summed E-state index contributed by atoms with van der Waals surface area (Å²) < 4.78 is 18.8. The van der Waals surface area contributed by atoms with E-state index in [2.05, 4.69) is 44.4 Å². The molecule has 0 saturated carbocycles. The van der Waals surface area contributed by atoms with Crippen LogP contribution in [0.15, 0.2) is 24.3 Å². The number of carbonyl (C=O) groups is 1. The fourth-order valence-corrected chi connectivity index (χ4v) is 5.04. The number of halogens is 1. The van der Waals surface area contributed by atoms with Crippen LogP contribution < -0.4 is 15.4 Å². The molecule has 0 bridgehead atoms. The molecule has 0 unspecified atom stereocenters. The lowest BCUT2D eigenvalue weighted by Gasteiger charge is -2.38. The third kappa shape index (κ3) is 3.97. The van der Waals surface area contributed by atoms with Gasteiger partial charge < -0.3 is 15.4 Å². The first-order valence-electron chi connectivity index (χ1n) is 8.73. The number of benzene rings is 1. The number of nitriles is 1. The number of carbonyl (C=O) groups excluding carboxylic acids is 1. The summed E-state index contributed by atoms with van der Waals surface area (Å²) in [5.74, 6) is -0.917. The molecule has 3 N–H and O–H groups in total. The Morgan fingerprint density at radius 3 is 2.74 bits per heavy atom. The molecule has 3 rings (SSSR count). The van der Waals surface area contributed by atoms with E-state index < -0.39 is 11.7 Å². The molecule has 0 atom stereocenters. The van der Waals surface area contributed by atoms with E-state index >= 15 is 0 Å². The van der Waals surface area contributed by atoms with Gasteiger partial charge in [-0.25, -0.2) is 4.39 Å². The van der Waals surface area contributed by atoms with Gasteiger partial charge in [0.05, 0.1) is 16.0 Å². The number of fused-ring (bicyclic) bond motifs is 1. The van der Waals surface area contributed by atoms with E-state index in [4.69, 9.17) is 4.74 Å². The van der Waals surface area contributed by atoms with Crippen molar-refractivity contribution in [2.24, 2.45) is 0 Å². The van der Waals surface area contributed by atoms with Crippen molar-refractivity contribution in [1.82, 2.24) is 0 Å². The molecule has 1 aliphatic rings. The van der Waals surface area contributed by atoms with Crippen LogP contribution in [0.4, 0.5) is 9.39 Å². The van der Waals surface area contributed by atoms with E-state index in [1.165, 1.54) is 23.5 Å². The number of nitrogens with one attached hydrogen (secondary N) is 1. The average Bonchev–Trinajstić information content (AvgIpc) is 2.90. The first-order valence-corrected chi connectivity index (χ1v) is 9.55. The highest BCUT2D eigenvalue weighted by atomic mass is 32.1. The quantitative estimate of drug-likeness (QED) is 0.845. The molecule has 1 aliphatic heterocycles. The highest BCUT2D eigenvalue weighted by Gasteiger charge is 2.44. The molecule has 2 aromatic rings. The van der Waals surface area contributed by atoms with Gasteiger partial charge in [0.2, 0.25) is 0 Å². The monoisotopic (exact) mass is 388 g/mol. The zero-order valence-corrected chi connectivity index (χ0v) is 16.7. The molecule has 5 nitrogen and oxygen atoms in total. The number of para-hydroxylation sites is 1. The highest BCUT2D eigenvalue weighted by Crippen LogP contribution is 2.41. The molecular weight excluding hydrogens is 365 g/mol. The van der Waals surface area contributed by atoms with E-state index in [-0.39, 0.29) is 23.4 Å². The van der Waals surface area contributed by atoms with Crippen LogP contribution in [0, 0.1) is 17.1 Å². The van der Waals surface area contributed by atoms with E-state index in [1.54, 1.807) is 12.1 Å². The van der Waals surface area contributed by atoms with Gasteiger partial charge in [-0.1, -0.05) is 12.1 Å². The number of rotatable bonds is 4. The number of amides is 1. The predicted octanol–water partition coefficient (Wildman–Crippen LogP) is 2.91. The standard InChI is InChI=1S/C20H22FN3O2S/c1-19(2)9-12-13(10-22)18(27-17(12)20(3,4)24-19)23-16(25)11-26-15-8-6-5-7-14(15)21/h5-8,24H,9,11H2,1-4H3,(H,23,25)/p+1. The molecule has 7 heteroatoms. The Labute approximate surface area is 162 Å². The summed E-state index contributed by atoms with van der Waals surface area (Å²) in [6, 6.07) is 8.18. The minimum Gasteiger partial charge on any atom is -0.481 e. The molecule has 1 aromatic heterocycles. The molecule has 0 fully saturated rings. The normalized spacial score (nSPS) is 16.9. The van der Waals surface area contributed by atoms with Crippen molar-refractivity contribution < 1.29 is 19.2 Å². The third-order valence-electron chi connectivity index (χ3n) is 4.54. The number of nitrogens with two attached hydrogens (primary N) is 1. The summed E-state index contributed by atoms with van der Waals surface area (Å²) in [5, 5.41) is 15.3. The Hall–Kier alpha value is -2.43. The summed E-state index contributed by atoms with van der Waals surface area (Å²) >= 11 is 1.43. The number of hydrogen-bond acceptors (Lipinski definition) is 4. The van der Waals surface area contributed by atoms with Crippen molar-refractivity contribution in [3.63, 3.8) is 0 Å². The molecule has 142 valence electrons. The second-order valence-electron chi connectivity index (χ2n) is 8.02. The first kappa shape index (κ1) is 19.3. The predicted molar refractivity (Wildman–Crippen MR) is 102 cm³/mol. The maximum atomic E-state index is 13.6. The van der Waals surface area contributed by atoms with Crippen molar-refractivity contribution in [1.29, 1.82) is 5.26 Å². The molecule has 0 spiro atoms. The fourth-order valence-electron chi connectivity index (χ4n) is 3.78. The second kappa shape index (κ2) is 6.95. The molecule has 27 heavy (non-hydrogen) atoms. The van der Waals surface area contributed by atoms with Gasteiger partial charge in [-0.2, -0.15) is 5.26 Å². The largest absolute Gasteiger partial charge is 0.481 e. The van der Waals surface area contributed by atoms with Crippen LogP contribution in [0.1, 0.15) is 43.7 Å². The van der Waals surface area contributed by atoms with Gasteiger partial charge in [0, 0.05) is 6.42 Å². The van der Waals surface area contributed by atoms with E-state index in [1.807, 2.05) is 0 Å². The van der Waals surface area contributed by atoms with Crippen molar-refractivity contribution in [2.45, 2.75) is 45.2 Å². The molecular formula is C20H23FN3O2S+. The topological polar surface area (TPSA) is 78.7 Å². The summed E-state index contributed by atoms with van der Waals surface area (Å²) in [4.78, 5) is 13.4. The van der Waals surface area contributed by atoms with Crippen LogP contribution in [-0.2, 0) is 16.8 Å². The average molecular weight is 388 g/mol. The van der Waals surface area contributed by atoms with Crippen molar-refractivity contribution in [3.05, 3.63) is 46.1 Å². The van der Waals surface area contributed by atoms with Crippen molar-refractivity contribution >= 4 is 22.2 Å². The van der Waals surface area contributed by atoms with Gasteiger partial charge in [0.1, 0.15) is 16.6 Å². The van der Waals surface area contributed by atoms with Crippen LogP contribution in [0.25, 0.3) is 0 Å². The summed E-state index contributed by atoms with van der Waals surface area (Å²) in [6.45, 7) is 8.22. The summed E-state index contributed by atoms with van der Waals surface area (Å²) in [6.07, 6.45) is 0.757. The second-order valence-corrected chi connectivity index (χ2v) is 9.04. The van der Waals surface area contributed by atoms with Gasteiger partial charge in [-0.05, 0) is 45.4 Å². The van der Waals surface area contributed by atoms with Crippen LogP contribution in [0.5, 0.6) is 5.75 Å². The van der Waals surface area contributed by atoms with Gasteiger partial charge in [0.15, 0.2) is 18.2 Å². The lowest BCUT2D eigenvalue weighted by atomic mass is 9.81. The Morgan fingerprint density at radius 2 is 2.07 bits per heavy atom. The van der Waals surface area contributed by atoms with Crippen LogP contribution in [0.2, 0.25) is 0 Å². The fraction of sp³-hybridized carbons (Fsp3) is 0.400. The minimum atomic E-state index is -0.519. The number of hydrogen-bond donors (Lipinski definition) is 2. The molecule has 1 aromatic carbocycles. The molecule has 0 saturated heterocycles. The maximum absolute atomic E-state index is 13.6. The Bertz CT molecular complexity index is 928. The first-order chi connectivity index (χ1) is 12.6. The van der Waals surface area contributed by atoms with Crippen LogP contribution in [-0.4, -0.2) is 18.1 Å². The van der Waals surface area contributed by atoms with Gasteiger partial charge >= 0.3 is 0 Å². The minimum absolute atomic E-state index is 0.0242. The van der Waals surface area contributed by atoms with E-state index in [0.29, 0.717) is 10.6 Å². The van der Waals surface area contributed by atoms with E-state index in [9.17, 15) is 14.4 Å². The number of quaternary nitrogens is 1. The van der Waals surface area contributed by atoms with Crippen molar-refractivity contribution in [2.75, 3.05) is 11.9 Å². The number of anilines is 1. The summed E-state index contributed by atoms with van der Waals surface area (Å²) in [5.41, 5.74) is 1.31. The Kier molecular flexibility index (Phi) is 4.98. The highest BCUT2D eigenvalue weighted by molar-refractivity contribution is 7.16. The van der Waals surface area contributed by atoms with Crippen LogP contribution in [0.3, 0.4) is 0 Å². The van der Waals surface area contributed by atoms with Gasteiger partial charge in [-0.15, -0.1) is 11.3 Å². The number of thiophene rings is 1. The smallest absolute Gasteiger partial charge is 0.262 e. The zero-order chi connectivity index (χ0) is 19.8. The van der Waals surface area contributed by atoms with E-state index in [0.717, 1.165) is 16.9 Å². The molecule has 0 aliphatic carbocycles. The summed E-state index contributed by atoms with van der Waals surface area (Å²) in [7, 11) is 0.